The summed E-state index contributed by atoms with van der Waals surface area (Å²) in [7, 11) is -1.50. The van der Waals surface area contributed by atoms with Gasteiger partial charge in [-0.25, -0.2) is 13.4 Å². The molecule has 0 atom stereocenters. The lowest BCUT2D eigenvalue weighted by Crippen LogP contribution is -2.47. The minimum absolute atomic E-state index is 0. The van der Waals surface area contributed by atoms with Gasteiger partial charge in [-0.3, -0.25) is 0 Å². The molecule has 2 heterocycles. The molecule has 1 aromatic rings. The highest BCUT2D eigenvalue weighted by Gasteiger charge is 2.29. The van der Waals surface area contributed by atoms with E-state index in [2.05, 4.69) is 14.8 Å². The maximum absolute atomic E-state index is 13.1. The molecule has 2 aliphatic heterocycles. The number of piperazine rings is 1. The van der Waals surface area contributed by atoms with E-state index in [1.165, 1.54) is 12.8 Å². The number of hydrogen-bond acceptors (Lipinski definition) is 4. The predicted molar refractivity (Wildman–Crippen MR) is 123 cm³/mol. The highest BCUT2D eigenvalue weighted by Crippen LogP contribution is 2.22. The molecule has 158 valence electrons. The SMILES string of the molecule is CN1CCN(S(=O)(=O)c2ccccc2CN=C(N)N2CCCCCC2)CC1.I. The van der Waals surface area contributed by atoms with Crippen molar-refractivity contribution in [2.75, 3.05) is 46.3 Å². The Labute approximate surface area is 186 Å². The van der Waals surface area contributed by atoms with Crippen molar-refractivity contribution in [2.45, 2.75) is 37.1 Å². The van der Waals surface area contributed by atoms with Crippen molar-refractivity contribution >= 4 is 40.0 Å². The van der Waals surface area contributed by atoms with Gasteiger partial charge in [0.25, 0.3) is 0 Å². The quantitative estimate of drug-likeness (QED) is 0.372. The number of guanidine groups is 1. The van der Waals surface area contributed by atoms with Crippen LogP contribution in [0.3, 0.4) is 0 Å². The number of nitrogens with zero attached hydrogens (tertiary/aromatic N) is 4. The van der Waals surface area contributed by atoms with E-state index in [1.54, 1.807) is 16.4 Å². The average molecular weight is 521 g/mol. The molecule has 2 saturated heterocycles. The van der Waals surface area contributed by atoms with Crippen molar-refractivity contribution < 1.29 is 8.42 Å². The third-order valence-electron chi connectivity index (χ3n) is 5.39. The molecule has 7 nitrogen and oxygen atoms in total. The van der Waals surface area contributed by atoms with Crippen molar-refractivity contribution in [2.24, 2.45) is 10.7 Å². The number of hydrogen-bond donors (Lipinski definition) is 1. The smallest absolute Gasteiger partial charge is 0.243 e. The summed E-state index contributed by atoms with van der Waals surface area (Å²) < 4.78 is 27.8. The van der Waals surface area contributed by atoms with Gasteiger partial charge in [-0.15, -0.1) is 24.0 Å². The van der Waals surface area contributed by atoms with E-state index in [0.29, 0.717) is 29.5 Å². The van der Waals surface area contributed by atoms with Crippen LogP contribution in [0.1, 0.15) is 31.2 Å². The largest absolute Gasteiger partial charge is 0.370 e. The third kappa shape index (κ3) is 5.80. The topological polar surface area (TPSA) is 82.2 Å². The molecule has 0 aromatic heterocycles. The first-order valence-corrected chi connectivity index (χ1v) is 11.2. The first-order chi connectivity index (χ1) is 13.0. The van der Waals surface area contributed by atoms with Crippen LogP contribution in [0.5, 0.6) is 0 Å². The number of aliphatic imine (C=N–C) groups is 1. The maximum atomic E-state index is 13.1. The van der Waals surface area contributed by atoms with Gasteiger partial charge in [-0.1, -0.05) is 31.0 Å². The molecule has 0 spiro atoms. The van der Waals surface area contributed by atoms with E-state index in [0.717, 1.165) is 39.0 Å². The Balaban J connectivity index is 0.00000280. The van der Waals surface area contributed by atoms with Gasteiger partial charge in [-0.05, 0) is 31.5 Å². The van der Waals surface area contributed by atoms with Gasteiger partial charge in [0, 0.05) is 39.3 Å². The number of halogens is 1. The Morgan fingerprint density at radius 1 is 1.00 bits per heavy atom. The summed E-state index contributed by atoms with van der Waals surface area (Å²) in [5.74, 6) is 0.517. The Morgan fingerprint density at radius 2 is 1.61 bits per heavy atom. The van der Waals surface area contributed by atoms with E-state index < -0.39 is 10.0 Å². The molecule has 28 heavy (non-hydrogen) atoms. The van der Waals surface area contributed by atoms with Crippen LogP contribution in [0.4, 0.5) is 0 Å². The number of sulfonamides is 1. The Kier molecular flexibility index (Phi) is 8.97. The van der Waals surface area contributed by atoms with Crippen LogP contribution in [0.2, 0.25) is 0 Å². The summed E-state index contributed by atoms with van der Waals surface area (Å²) in [6, 6.07) is 7.15. The van der Waals surface area contributed by atoms with E-state index in [4.69, 9.17) is 5.73 Å². The summed E-state index contributed by atoms with van der Waals surface area (Å²) in [6.45, 7) is 4.68. The lowest BCUT2D eigenvalue weighted by Gasteiger charge is -2.32. The molecule has 0 amide bonds. The zero-order valence-electron chi connectivity index (χ0n) is 16.6. The molecule has 0 radical (unpaired) electrons. The molecule has 9 heteroatoms. The Bertz CT molecular complexity index is 755. The fourth-order valence-corrected chi connectivity index (χ4v) is 5.26. The third-order valence-corrected chi connectivity index (χ3v) is 7.39. The molecule has 2 fully saturated rings. The molecule has 1 aromatic carbocycles. The molecule has 0 bridgehead atoms. The summed E-state index contributed by atoms with van der Waals surface area (Å²) in [4.78, 5) is 9.13. The zero-order valence-corrected chi connectivity index (χ0v) is 19.7. The Morgan fingerprint density at radius 3 is 2.25 bits per heavy atom. The standard InChI is InChI=1S/C19H31N5O2S.HI/c1-22-12-14-24(15-13-22)27(25,26)18-9-5-4-8-17(18)16-21-19(20)23-10-6-2-3-7-11-23;/h4-5,8-9H,2-3,6-7,10-16H2,1H3,(H2,20,21);1H. The van der Waals surface area contributed by atoms with Gasteiger partial charge in [-0.2, -0.15) is 4.31 Å². The molecule has 0 unspecified atom stereocenters. The second-order valence-corrected chi connectivity index (χ2v) is 9.30. The predicted octanol–water partition coefficient (Wildman–Crippen LogP) is 1.93. The van der Waals surface area contributed by atoms with E-state index in [-0.39, 0.29) is 30.5 Å². The number of benzene rings is 1. The normalized spacial score (nSPS) is 20.5. The number of likely N-dealkylation sites (N-methyl/N-ethyl adjacent to an activating group) is 1. The van der Waals surface area contributed by atoms with Gasteiger partial charge in [0.2, 0.25) is 10.0 Å². The fraction of sp³-hybridized carbons (Fsp3) is 0.632. The lowest BCUT2D eigenvalue weighted by molar-refractivity contribution is 0.222. The van der Waals surface area contributed by atoms with Crippen LogP contribution in [-0.2, 0) is 16.6 Å². The number of rotatable bonds is 4. The van der Waals surface area contributed by atoms with E-state index >= 15 is 0 Å². The number of nitrogens with two attached hydrogens (primary N) is 1. The Hall–Kier alpha value is -0.910. The van der Waals surface area contributed by atoms with Crippen LogP contribution in [-0.4, -0.2) is 74.8 Å². The van der Waals surface area contributed by atoms with Crippen LogP contribution >= 0.6 is 24.0 Å². The zero-order chi connectivity index (χ0) is 19.3. The van der Waals surface area contributed by atoms with Crippen molar-refractivity contribution in [1.82, 2.24) is 14.1 Å². The van der Waals surface area contributed by atoms with Gasteiger partial charge in [0.05, 0.1) is 11.4 Å². The minimum Gasteiger partial charge on any atom is -0.370 e. The van der Waals surface area contributed by atoms with Gasteiger partial charge < -0.3 is 15.5 Å². The second-order valence-electron chi connectivity index (χ2n) is 7.39. The van der Waals surface area contributed by atoms with Crippen molar-refractivity contribution in [3.8, 4) is 0 Å². The van der Waals surface area contributed by atoms with Crippen molar-refractivity contribution in [3.63, 3.8) is 0 Å². The van der Waals surface area contributed by atoms with Crippen LogP contribution < -0.4 is 5.73 Å². The summed E-state index contributed by atoms with van der Waals surface area (Å²) in [5, 5.41) is 0. The van der Waals surface area contributed by atoms with Crippen molar-refractivity contribution in [1.29, 1.82) is 0 Å². The molecule has 2 N–H and O–H groups in total. The highest BCUT2D eigenvalue weighted by atomic mass is 127. The molecular formula is C19H32IN5O2S. The minimum atomic E-state index is -3.51. The first-order valence-electron chi connectivity index (χ1n) is 9.80. The van der Waals surface area contributed by atoms with Gasteiger partial charge in [0.1, 0.15) is 0 Å². The van der Waals surface area contributed by atoms with Crippen LogP contribution in [0.25, 0.3) is 0 Å². The molecule has 3 rings (SSSR count). The summed E-state index contributed by atoms with van der Waals surface area (Å²) in [5.41, 5.74) is 6.90. The van der Waals surface area contributed by atoms with Gasteiger partial charge >= 0.3 is 0 Å². The molecule has 0 aliphatic carbocycles. The maximum Gasteiger partial charge on any atom is 0.243 e. The highest BCUT2D eigenvalue weighted by molar-refractivity contribution is 14.0. The van der Waals surface area contributed by atoms with Crippen LogP contribution in [0.15, 0.2) is 34.2 Å². The average Bonchev–Trinajstić information content (AvgIpc) is 2.96. The molecule has 0 saturated carbocycles. The molecular weight excluding hydrogens is 489 g/mol. The lowest BCUT2D eigenvalue weighted by atomic mass is 10.2. The monoisotopic (exact) mass is 521 g/mol. The first kappa shape index (κ1) is 23.4. The number of likely N-dealkylation sites (tertiary alicyclic amines) is 1. The summed E-state index contributed by atoms with van der Waals surface area (Å²) >= 11 is 0. The van der Waals surface area contributed by atoms with Crippen LogP contribution in [0, 0.1) is 0 Å². The van der Waals surface area contributed by atoms with Crippen molar-refractivity contribution in [3.05, 3.63) is 29.8 Å². The van der Waals surface area contributed by atoms with E-state index in [1.807, 2.05) is 19.2 Å². The fourth-order valence-electron chi connectivity index (χ4n) is 3.62. The summed E-state index contributed by atoms with van der Waals surface area (Å²) in [6.07, 6.45) is 4.72. The molecule has 2 aliphatic rings. The van der Waals surface area contributed by atoms with Gasteiger partial charge in [0.15, 0.2) is 5.96 Å². The van der Waals surface area contributed by atoms with E-state index in [9.17, 15) is 8.42 Å². The second kappa shape index (κ2) is 10.7.